The number of carbonyl (C=O) groups excluding carboxylic acids is 1. The lowest BCUT2D eigenvalue weighted by atomic mass is 10.0. The molecule has 138 valence electrons. The number of benzene rings is 2. The highest BCUT2D eigenvalue weighted by Gasteiger charge is 2.27. The van der Waals surface area contributed by atoms with E-state index in [-0.39, 0.29) is 12.5 Å². The highest BCUT2D eigenvalue weighted by molar-refractivity contribution is 5.94. The van der Waals surface area contributed by atoms with Crippen LogP contribution in [0.3, 0.4) is 0 Å². The average molecular weight is 352 g/mol. The van der Waals surface area contributed by atoms with E-state index >= 15 is 0 Å². The van der Waals surface area contributed by atoms with E-state index in [2.05, 4.69) is 29.0 Å². The van der Waals surface area contributed by atoms with Crippen LogP contribution in [0.25, 0.3) is 0 Å². The smallest absolute Gasteiger partial charge is 0.254 e. The molecule has 0 bridgehead atoms. The Labute approximate surface area is 156 Å². The van der Waals surface area contributed by atoms with Gasteiger partial charge in [0.15, 0.2) is 0 Å². The van der Waals surface area contributed by atoms with Gasteiger partial charge in [0.05, 0.1) is 6.61 Å². The second-order valence-electron chi connectivity index (χ2n) is 7.12. The van der Waals surface area contributed by atoms with Crippen LogP contribution in [0.5, 0.6) is 0 Å². The van der Waals surface area contributed by atoms with Gasteiger partial charge in [-0.1, -0.05) is 42.5 Å². The third-order valence-electron chi connectivity index (χ3n) is 5.26. The molecule has 2 aromatic carbocycles. The van der Waals surface area contributed by atoms with E-state index < -0.39 is 0 Å². The molecule has 3 rings (SSSR count). The summed E-state index contributed by atoms with van der Waals surface area (Å²) in [6.45, 7) is 2.80. The largest absolute Gasteiger partial charge is 0.392 e. The lowest BCUT2D eigenvalue weighted by molar-refractivity contribution is 0.0594. The molecule has 0 saturated carbocycles. The fourth-order valence-corrected chi connectivity index (χ4v) is 3.57. The van der Waals surface area contributed by atoms with E-state index in [4.69, 9.17) is 0 Å². The maximum Gasteiger partial charge on any atom is 0.254 e. The molecule has 0 atom stereocenters. The SMILES string of the molecule is CN1CCC(N(CCc2ccccc2)C(=O)c2ccc(CO)cc2)CC1. The van der Waals surface area contributed by atoms with Crippen LogP contribution in [-0.4, -0.2) is 53.5 Å². The number of nitrogens with zero attached hydrogens (tertiary/aromatic N) is 2. The molecule has 1 aliphatic heterocycles. The number of hydrogen-bond acceptors (Lipinski definition) is 3. The summed E-state index contributed by atoms with van der Waals surface area (Å²) in [7, 11) is 2.14. The van der Waals surface area contributed by atoms with E-state index in [1.807, 2.05) is 42.5 Å². The average Bonchev–Trinajstić information content (AvgIpc) is 2.70. The maximum atomic E-state index is 13.2. The highest BCUT2D eigenvalue weighted by atomic mass is 16.3. The van der Waals surface area contributed by atoms with E-state index in [0.29, 0.717) is 11.6 Å². The number of aliphatic hydroxyl groups is 1. The molecule has 1 N–H and O–H groups in total. The maximum absolute atomic E-state index is 13.2. The zero-order valence-corrected chi connectivity index (χ0v) is 15.5. The summed E-state index contributed by atoms with van der Waals surface area (Å²) >= 11 is 0. The van der Waals surface area contributed by atoms with E-state index in [9.17, 15) is 9.90 Å². The monoisotopic (exact) mass is 352 g/mol. The third kappa shape index (κ3) is 4.71. The second-order valence-corrected chi connectivity index (χ2v) is 7.12. The van der Waals surface area contributed by atoms with Crippen LogP contribution in [0, 0.1) is 0 Å². The van der Waals surface area contributed by atoms with Crippen LogP contribution in [0.1, 0.15) is 34.3 Å². The van der Waals surface area contributed by atoms with Crippen molar-refractivity contribution in [3.05, 3.63) is 71.3 Å². The number of likely N-dealkylation sites (tertiary alicyclic amines) is 1. The summed E-state index contributed by atoms with van der Waals surface area (Å²) in [4.78, 5) is 17.6. The molecule has 0 unspecified atom stereocenters. The fourth-order valence-electron chi connectivity index (χ4n) is 3.57. The van der Waals surface area contributed by atoms with Crippen molar-refractivity contribution in [2.75, 3.05) is 26.7 Å². The van der Waals surface area contributed by atoms with Crippen molar-refractivity contribution >= 4 is 5.91 Å². The van der Waals surface area contributed by atoms with Gasteiger partial charge in [-0.15, -0.1) is 0 Å². The number of aliphatic hydroxyl groups excluding tert-OH is 1. The molecule has 0 spiro atoms. The Morgan fingerprint density at radius 2 is 1.69 bits per heavy atom. The minimum atomic E-state index is 0.00114. The summed E-state index contributed by atoms with van der Waals surface area (Å²) in [5, 5.41) is 9.22. The molecule has 0 aromatic heterocycles. The van der Waals surface area contributed by atoms with Crippen LogP contribution in [0.15, 0.2) is 54.6 Å². The Balaban J connectivity index is 1.75. The Bertz CT molecular complexity index is 692. The van der Waals surface area contributed by atoms with Crippen LogP contribution < -0.4 is 0 Å². The van der Waals surface area contributed by atoms with Gasteiger partial charge in [-0.25, -0.2) is 0 Å². The number of piperidine rings is 1. The van der Waals surface area contributed by atoms with Crippen molar-refractivity contribution in [2.24, 2.45) is 0 Å². The zero-order chi connectivity index (χ0) is 18.4. The fraction of sp³-hybridized carbons (Fsp3) is 0.409. The van der Waals surface area contributed by atoms with Crippen LogP contribution >= 0.6 is 0 Å². The molecule has 1 heterocycles. The van der Waals surface area contributed by atoms with Gasteiger partial charge in [0.25, 0.3) is 5.91 Å². The van der Waals surface area contributed by atoms with Gasteiger partial charge in [0.1, 0.15) is 0 Å². The summed E-state index contributed by atoms with van der Waals surface area (Å²) < 4.78 is 0. The van der Waals surface area contributed by atoms with Gasteiger partial charge in [-0.05, 0) is 62.7 Å². The molecule has 0 aliphatic carbocycles. The molecule has 0 radical (unpaired) electrons. The normalized spacial score (nSPS) is 15.8. The Morgan fingerprint density at radius 3 is 2.31 bits per heavy atom. The van der Waals surface area contributed by atoms with Crippen molar-refractivity contribution in [1.82, 2.24) is 9.80 Å². The van der Waals surface area contributed by atoms with E-state index in [0.717, 1.165) is 44.5 Å². The third-order valence-corrected chi connectivity index (χ3v) is 5.26. The van der Waals surface area contributed by atoms with Crippen LogP contribution in [0.4, 0.5) is 0 Å². The molecular formula is C22H28N2O2. The molecule has 1 aliphatic rings. The molecule has 4 heteroatoms. The second kappa shape index (κ2) is 8.97. The van der Waals surface area contributed by atoms with Crippen molar-refractivity contribution in [2.45, 2.75) is 31.9 Å². The Hall–Kier alpha value is -2.17. The first-order valence-corrected chi connectivity index (χ1v) is 9.40. The summed E-state index contributed by atoms with van der Waals surface area (Å²) in [6.07, 6.45) is 2.91. The van der Waals surface area contributed by atoms with Gasteiger partial charge >= 0.3 is 0 Å². The van der Waals surface area contributed by atoms with Gasteiger partial charge in [0.2, 0.25) is 0 Å². The Kier molecular flexibility index (Phi) is 6.42. The van der Waals surface area contributed by atoms with Crippen LogP contribution in [-0.2, 0) is 13.0 Å². The van der Waals surface area contributed by atoms with Gasteiger partial charge in [-0.2, -0.15) is 0 Å². The minimum absolute atomic E-state index is 0.00114. The Morgan fingerprint density at radius 1 is 1.04 bits per heavy atom. The molecule has 26 heavy (non-hydrogen) atoms. The van der Waals surface area contributed by atoms with Crippen molar-refractivity contribution < 1.29 is 9.90 Å². The minimum Gasteiger partial charge on any atom is -0.392 e. The van der Waals surface area contributed by atoms with Crippen molar-refractivity contribution in [3.63, 3.8) is 0 Å². The predicted octanol–water partition coefficient (Wildman–Crippen LogP) is 2.96. The molecule has 2 aromatic rings. The summed E-state index contributed by atoms with van der Waals surface area (Å²) in [5.74, 6) is 0.0972. The molecular weight excluding hydrogens is 324 g/mol. The van der Waals surface area contributed by atoms with E-state index in [1.54, 1.807) is 0 Å². The van der Waals surface area contributed by atoms with Gasteiger partial charge < -0.3 is 14.9 Å². The van der Waals surface area contributed by atoms with Crippen LogP contribution in [0.2, 0.25) is 0 Å². The standard InChI is InChI=1S/C22H28N2O2/c1-23-14-12-21(13-15-23)24(16-11-18-5-3-2-4-6-18)22(26)20-9-7-19(17-25)8-10-20/h2-10,21,25H,11-17H2,1H3. The topological polar surface area (TPSA) is 43.8 Å². The molecule has 1 saturated heterocycles. The van der Waals surface area contributed by atoms with Gasteiger partial charge in [0, 0.05) is 18.2 Å². The number of hydrogen-bond donors (Lipinski definition) is 1. The first kappa shape index (κ1) is 18.6. The van der Waals surface area contributed by atoms with E-state index in [1.165, 1.54) is 5.56 Å². The first-order valence-electron chi connectivity index (χ1n) is 9.40. The highest BCUT2D eigenvalue weighted by Crippen LogP contribution is 2.19. The number of rotatable bonds is 6. The van der Waals surface area contributed by atoms with Crippen molar-refractivity contribution in [3.8, 4) is 0 Å². The zero-order valence-electron chi connectivity index (χ0n) is 15.5. The quantitative estimate of drug-likeness (QED) is 0.869. The molecule has 1 fully saturated rings. The van der Waals surface area contributed by atoms with Crippen molar-refractivity contribution in [1.29, 1.82) is 0 Å². The number of amides is 1. The molecule has 4 nitrogen and oxygen atoms in total. The molecule has 1 amide bonds. The lowest BCUT2D eigenvalue weighted by Gasteiger charge is -2.37. The lowest BCUT2D eigenvalue weighted by Crippen LogP contribution is -2.47. The number of carbonyl (C=O) groups is 1. The summed E-state index contributed by atoms with van der Waals surface area (Å²) in [5.41, 5.74) is 2.79. The first-order chi connectivity index (χ1) is 12.7. The summed E-state index contributed by atoms with van der Waals surface area (Å²) in [6, 6.07) is 18.0. The predicted molar refractivity (Wildman–Crippen MR) is 104 cm³/mol. The van der Waals surface area contributed by atoms with Gasteiger partial charge in [-0.3, -0.25) is 4.79 Å².